The van der Waals surface area contributed by atoms with E-state index in [1.165, 1.54) is 5.56 Å². The van der Waals surface area contributed by atoms with Crippen LogP contribution in [-0.4, -0.2) is 9.78 Å². The van der Waals surface area contributed by atoms with Crippen molar-refractivity contribution in [2.75, 3.05) is 5.32 Å². The second kappa shape index (κ2) is 5.91. The van der Waals surface area contributed by atoms with Crippen LogP contribution in [0.3, 0.4) is 0 Å². The van der Waals surface area contributed by atoms with Crippen LogP contribution in [-0.2, 0) is 13.1 Å². The summed E-state index contributed by atoms with van der Waals surface area (Å²) in [6.07, 6.45) is 5.08. The Bertz CT molecular complexity index is 520. The molecule has 96 valence electrons. The number of nitrogens with zero attached hydrogens (tertiary/aromatic N) is 2. The van der Waals surface area contributed by atoms with Crippen molar-refractivity contribution in [3.05, 3.63) is 46.7 Å². The van der Waals surface area contributed by atoms with E-state index in [-0.39, 0.29) is 0 Å². The Morgan fingerprint density at radius 1 is 1.39 bits per heavy atom. The average molecular weight is 264 g/mol. The summed E-state index contributed by atoms with van der Waals surface area (Å²) in [5.74, 6) is 0. The Morgan fingerprint density at radius 3 is 3.00 bits per heavy atom. The number of aromatic nitrogens is 2. The van der Waals surface area contributed by atoms with Gasteiger partial charge in [-0.05, 0) is 31.0 Å². The lowest BCUT2D eigenvalue weighted by Crippen LogP contribution is -2.00. The van der Waals surface area contributed by atoms with E-state index in [4.69, 9.17) is 11.6 Å². The van der Waals surface area contributed by atoms with Crippen LogP contribution >= 0.6 is 11.6 Å². The fourth-order valence-electron chi connectivity index (χ4n) is 1.85. The molecule has 0 aliphatic rings. The predicted molar refractivity (Wildman–Crippen MR) is 76.0 cm³/mol. The van der Waals surface area contributed by atoms with E-state index >= 15 is 0 Å². The predicted octanol–water partition coefficient (Wildman–Crippen LogP) is 3.87. The number of benzene rings is 1. The summed E-state index contributed by atoms with van der Waals surface area (Å²) in [4.78, 5) is 0. The van der Waals surface area contributed by atoms with Gasteiger partial charge >= 0.3 is 0 Å². The molecule has 4 heteroatoms. The number of nitrogens with one attached hydrogen (secondary N) is 1. The Hall–Kier alpha value is -1.48. The highest BCUT2D eigenvalue weighted by molar-refractivity contribution is 6.31. The van der Waals surface area contributed by atoms with Gasteiger partial charge in [0.15, 0.2) is 0 Å². The molecule has 0 unspecified atom stereocenters. The summed E-state index contributed by atoms with van der Waals surface area (Å²) in [6, 6.07) is 5.90. The van der Waals surface area contributed by atoms with Gasteiger partial charge in [0.2, 0.25) is 0 Å². The highest BCUT2D eigenvalue weighted by atomic mass is 35.5. The van der Waals surface area contributed by atoms with Gasteiger partial charge in [0, 0.05) is 35.6 Å². The summed E-state index contributed by atoms with van der Waals surface area (Å²) in [7, 11) is 0. The fraction of sp³-hybridized carbons (Fsp3) is 0.357. The summed E-state index contributed by atoms with van der Waals surface area (Å²) < 4.78 is 1.97. The molecule has 0 saturated carbocycles. The third kappa shape index (κ3) is 3.05. The Kier molecular flexibility index (Phi) is 4.26. The number of anilines is 1. The van der Waals surface area contributed by atoms with Crippen LogP contribution in [0, 0.1) is 6.92 Å². The number of hydrogen-bond donors (Lipinski definition) is 1. The van der Waals surface area contributed by atoms with E-state index in [9.17, 15) is 0 Å². The number of rotatable bonds is 5. The molecule has 0 atom stereocenters. The molecule has 2 aromatic rings. The molecular weight excluding hydrogens is 246 g/mol. The normalized spacial score (nSPS) is 10.6. The first-order chi connectivity index (χ1) is 8.70. The van der Waals surface area contributed by atoms with E-state index in [0.717, 1.165) is 35.8 Å². The standard InChI is InChI=1S/C14H18ClN3/c1-3-7-18-10-12(9-17-18)8-16-14-6-4-5-13(15)11(14)2/h4-6,9-10,16H,3,7-8H2,1-2H3. The van der Waals surface area contributed by atoms with Crippen molar-refractivity contribution in [3.63, 3.8) is 0 Å². The largest absolute Gasteiger partial charge is 0.381 e. The molecule has 0 radical (unpaired) electrons. The second-order valence-electron chi connectivity index (χ2n) is 4.38. The molecule has 1 heterocycles. The fourth-order valence-corrected chi connectivity index (χ4v) is 2.02. The van der Waals surface area contributed by atoms with Gasteiger partial charge in [0.1, 0.15) is 0 Å². The summed E-state index contributed by atoms with van der Waals surface area (Å²) in [6.45, 7) is 5.90. The lowest BCUT2D eigenvalue weighted by Gasteiger charge is -2.09. The minimum atomic E-state index is 0.769. The molecule has 1 N–H and O–H groups in total. The maximum Gasteiger partial charge on any atom is 0.0539 e. The monoisotopic (exact) mass is 263 g/mol. The quantitative estimate of drug-likeness (QED) is 0.888. The molecule has 0 aliphatic heterocycles. The molecule has 1 aromatic carbocycles. The van der Waals surface area contributed by atoms with Crippen molar-refractivity contribution in [2.45, 2.75) is 33.4 Å². The maximum absolute atomic E-state index is 6.08. The summed E-state index contributed by atoms with van der Waals surface area (Å²) in [5, 5.41) is 8.49. The van der Waals surface area contributed by atoms with Gasteiger partial charge in [-0.3, -0.25) is 4.68 Å². The highest BCUT2D eigenvalue weighted by Gasteiger charge is 2.02. The number of aryl methyl sites for hydroxylation is 1. The Balaban J connectivity index is 2.00. The van der Waals surface area contributed by atoms with E-state index in [2.05, 4.69) is 23.5 Å². The van der Waals surface area contributed by atoms with Crippen molar-refractivity contribution in [1.82, 2.24) is 9.78 Å². The molecule has 3 nitrogen and oxygen atoms in total. The van der Waals surface area contributed by atoms with Crippen LogP contribution in [0.25, 0.3) is 0 Å². The average Bonchev–Trinajstić information content (AvgIpc) is 2.79. The zero-order chi connectivity index (χ0) is 13.0. The smallest absolute Gasteiger partial charge is 0.0539 e. The van der Waals surface area contributed by atoms with Gasteiger partial charge in [-0.15, -0.1) is 0 Å². The first-order valence-electron chi connectivity index (χ1n) is 6.21. The minimum Gasteiger partial charge on any atom is -0.381 e. The van der Waals surface area contributed by atoms with Crippen molar-refractivity contribution < 1.29 is 0 Å². The molecule has 18 heavy (non-hydrogen) atoms. The molecule has 0 fully saturated rings. The maximum atomic E-state index is 6.08. The number of halogens is 1. The molecule has 0 aliphatic carbocycles. The van der Waals surface area contributed by atoms with Crippen molar-refractivity contribution >= 4 is 17.3 Å². The summed E-state index contributed by atoms with van der Waals surface area (Å²) >= 11 is 6.08. The highest BCUT2D eigenvalue weighted by Crippen LogP contribution is 2.23. The molecular formula is C14H18ClN3. The summed E-state index contributed by atoms with van der Waals surface area (Å²) in [5.41, 5.74) is 3.34. The first kappa shape index (κ1) is 13.0. The topological polar surface area (TPSA) is 29.9 Å². The van der Waals surface area contributed by atoms with Crippen LogP contribution in [0.1, 0.15) is 24.5 Å². The van der Waals surface area contributed by atoms with Crippen LogP contribution in [0.5, 0.6) is 0 Å². The van der Waals surface area contributed by atoms with Gasteiger partial charge in [0.25, 0.3) is 0 Å². The molecule has 1 aromatic heterocycles. The first-order valence-corrected chi connectivity index (χ1v) is 6.59. The van der Waals surface area contributed by atoms with Crippen molar-refractivity contribution in [3.8, 4) is 0 Å². The van der Waals surface area contributed by atoms with Crippen LogP contribution in [0.15, 0.2) is 30.6 Å². The van der Waals surface area contributed by atoms with Crippen LogP contribution < -0.4 is 5.32 Å². The Labute approximate surface area is 113 Å². The van der Waals surface area contributed by atoms with E-state index < -0.39 is 0 Å². The lowest BCUT2D eigenvalue weighted by atomic mass is 10.2. The zero-order valence-electron chi connectivity index (χ0n) is 10.8. The second-order valence-corrected chi connectivity index (χ2v) is 4.78. The van der Waals surface area contributed by atoms with Gasteiger partial charge in [-0.25, -0.2) is 0 Å². The van der Waals surface area contributed by atoms with Crippen LogP contribution in [0.4, 0.5) is 5.69 Å². The third-order valence-corrected chi connectivity index (χ3v) is 3.30. The van der Waals surface area contributed by atoms with Gasteiger partial charge < -0.3 is 5.32 Å². The van der Waals surface area contributed by atoms with Gasteiger partial charge in [0.05, 0.1) is 6.20 Å². The Morgan fingerprint density at radius 2 is 2.22 bits per heavy atom. The van der Waals surface area contributed by atoms with E-state index in [0.29, 0.717) is 0 Å². The van der Waals surface area contributed by atoms with E-state index in [1.54, 1.807) is 0 Å². The van der Waals surface area contributed by atoms with Crippen molar-refractivity contribution in [2.24, 2.45) is 0 Å². The minimum absolute atomic E-state index is 0.769. The molecule has 0 amide bonds. The molecule has 0 bridgehead atoms. The van der Waals surface area contributed by atoms with Gasteiger partial charge in [-0.2, -0.15) is 5.10 Å². The SMILES string of the molecule is CCCn1cc(CNc2cccc(Cl)c2C)cn1. The number of hydrogen-bond acceptors (Lipinski definition) is 2. The van der Waals surface area contributed by atoms with Crippen LogP contribution in [0.2, 0.25) is 5.02 Å². The lowest BCUT2D eigenvalue weighted by molar-refractivity contribution is 0.602. The van der Waals surface area contributed by atoms with Gasteiger partial charge in [-0.1, -0.05) is 24.6 Å². The molecule has 0 spiro atoms. The van der Waals surface area contributed by atoms with E-state index in [1.807, 2.05) is 36.0 Å². The third-order valence-electron chi connectivity index (χ3n) is 2.89. The molecule has 2 rings (SSSR count). The zero-order valence-corrected chi connectivity index (χ0v) is 11.5. The molecule has 0 saturated heterocycles. The van der Waals surface area contributed by atoms with Crippen molar-refractivity contribution in [1.29, 1.82) is 0 Å².